The van der Waals surface area contributed by atoms with Gasteiger partial charge in [-0.25, -0.2) is 13.1 Å². The lowest BCUT2D eigenvalue weighted by atomic mass is 10.2. The molecule has 2 heterocycles. The molecule has 2 aromatic rings. The van der Waals surface area contributed by atoms with Crippen LogP contribution in [0.25, 0.3) is 0 Å². The van der Waals surface area contributed by atoms with Crippen molar-refractivity contribution < 1.29 is 12.6 Å². The van der Waals surface area contributed by atoms with Crippen LogP contribution in [0.5, 0.6) is 5.75 Å². The van der Waals surface area contributed by atoms with E-state index in [1.54, 1.807) is 23.6 Å². The van der Waals surface area contributed by atoms with Crippen LogP contribution in [-0.2, 0) is 16.6 Å². The van der Waals surface area contributed by atoms with Crippen molar-refractivity contribution in [2.45, 2.75) is 6.54 Å². The predicted molar refractivity (Wildman–Crippen MR) is 130 cm³/mol. The highest BCUT2D eigenvalue weighted by molar-refractivity contribution is 8.29. The highest BCUT2D eigenvalue weighted by atomic mass is 35.5. The van der Waals surface area contributed by atoms with Gasteiger partial charge in [-0.2, -0.15) is 0 Å². The molecule has 2 aliphatic heterocycles. The standard InChI is InChI=1S/C21H23Cl2N3O3S2/c22-17-4-1-3-16(11-17)14-25-31(27,28)21-12-18(23)15-30(21)29-20-6-2-5-19(13-20)26-9-7-24-8-10-26/h1-6,11-13,15,24-25,30H,7-10,14H2. The van der Waals surface area contributed by atoms with Gasteiger partial charge in [0.05, 0.1) is 5.03 Å². The smallest absolute Gasteiger partial charge is 0.248 e. The van der Waals surface area contributed by atoms with Gasteiger partial charge in [0.2, 0.25) is 10.0 Å². The molecule has 166 valence electrons. The second-order valence-electron chi connectivity index (χ2n) is 7.10. The molecule has 2 aromatic carbocycles. The minimum Gasteiger partial charge on any atom is -0.443 e. The van der Waals surface area contributed by atoms with Crippen molar-refractivity contribution in [3.8, 4) is 5.75 Å². The largest absolute Gasteiger partial charge is 0.443 e. The van der Waals surface area contributed by atoms with Crippen molar-refractivity contribution >= 4 is 50.1 Å². The number of hydrogen-bond acceptors (Lipinski definition) is 5. The molecular formula is C21H23Cl2N3O3S2. The molecule has 0 bridgehead atoms. The van der Waals surface area contributed by atoms with E-state index >= 15 is 0 Å². The molecule has 6 nitrogen and oxygen atoms in total. The van der Waals surface area contributed by atoms with Crippen LogP contribution in [0.1, 0.15) is 5.56 Å². The van der Waals surface area contributed by atoms with Gasteiger partial charge in [-0.1, -0.05) is 41.4 Å². The Morgan fingerprint density at radius 3 is 2.65 bits per heavy atom. The summed E-state index contributed by atoms with van der Waals surface area (Å²) in [5.74, 6) is 0.612. The Balaban J connectivity index is 1.47. The topological polar surface area (TPSA) is 70.7 Å². The Bertz CT molecular complexity index is 1120. The minimum absolute atomic E-state index is 0.125. The van der Waals surface area contributed by atoms with Crippen molar-refractivity contribution in [1.82, 2.24) is 10.0 Å². The molecule has 31 heavy (non-hydrogen) atoms. The number of halogens is 2. The quantitative estimate of drug-likeness (QED) is 0.500. The third-order valence-corrected chi connectivity index (χ3v) is 9.40. The first kappa shape index (κ1) is 22.5. The SMILES string of the molecule is O=S(=O)(NCc1cccc(Cl)c1)C1=CC(Cl)=C[SH]1Oc1cccc(N2CCNCC2)c1. The first-order valence-corrected chi connectivity index (χ1v) is 13.3. The van der Waals surface area contributed by atoms with Crippen LogP contribution in [0.2, 0.25) is 5.02 Å². The van der Waals surface area contributed by atoms with Crippen LogP contribution >= 0.6 is 34.4 Å². The number of sulfonamides is 1. The molecule has 0 aliphatic carbocycles. The van der Waals surface area contributed by atoms with E-state index in [-0.39, 0.29) is 10.8 Å². The van der Waals surface area contributed by atoms with E-state index in [4.69, 9.17) is 27.4 Å². The number of nitrogens with one attached hydrogen (secondary N) is 2. The third-order valence-electron chi connectivity index (χ3n) is 4.85. The fourth-order valence-electron chi connectivity index (χ4n) is 3.33. The van der Waals surface area contributed by atoms with Gasteiger partial charge in [0.25, 0.3) is 0 Å². The van der Waals surface area contributed by atoms with Crippen LogP contribution in [0.15, 0.2) is 69.3 Å². The molecule has 1 atom stereocenters. The van der Waals surface area contributed by atoms with Gasteiger partial charge in [-0.15, -0.1) is 0 Å². The zero-order chi connectivity index (χ0) is 21.8. The van der Waals surface area contributed by atoms with E-state index in [0.29, 0.717) is 15.8 Å². The Kier molecular flexibility index (Phi) is 7.15. The molecule has 2 N–H and O–H groups in total. The fraction of sp³-hybridized carbons (Fsp3) is 0.238. The Morgan fingerprint density at radius 1 is 1.10 bits per heavy atom. The first-order valence-electron chi connectivity index (χ1n) is 9.77. The summed E-state index contributed by atoms with van der Waals surface area (Å²) >= 11 is 10.6. The second-order valence-corrected chi connectivity index (χ2v) is 11.6. The highest BCUT2D eigenvalue weighted by Gasteiger charge is 2.29. The van der Waals surface area contributed by atoms with E-state index in [0.717, 1.165) is 37.4 Å². The van der Waals surface area contributed by atoms with Crippen molar-refractivity contribution in [1.29, 1.82) is 0 Å². The van der Waals surface area contributed by atoms with Crippen LogP contribution in [-0.4, -0.2) is 34.6 Å². The van der Waals surface area contributed by atoms with Gasteiger partial charge in [-0.3, -0.25) is 0 Å². The van der Waals surface area contributed by atoms with E-state index in [2.05, 4.69) is 14.9 Å². The lowest BCUT2D eigenvalue weighted by Crippen LogP contribution is -2.43. The van der Waals surface area contributed by atoms with Crippen molar-refractivity contribution in [3.05, 3.63) is 79.9 Å². The number of rotatable bonds is 7. The number of anilines is 1. The molecule has 1 unspecified atom stereocenters. The molecule has 0 saturated carbocycles. The lowest BCUT2D eigenvalue weighted by molar-refractivity contribution is 0.586. The monoisotopic (exact) mass is 499 g/mol. The zero-order valence-corrected chi connectivity index (χ0v) is 19.8. The highest BCUT2D eigenvalue weighted by Crippen LogP contribution is 2.48. The summed E-state index contributed by atoms with van der Waals surface area (Å²) in [7, 11) is -3.79. The maximum atomic E-state index is 13.0. The first-order chi connectivity index (χ1) is 14.9. The number of nitrogens with zero attached hydrogens (tertiary/aromatic N) is 1. The summed E-state index contributed by atoms with van der Waals surface area (Å²) in [6.07, 6.45) is 1.45. The molecule has 10 heteroatoms. The van der Waals surface area contributed by atoms with E-state index < -0.39 is 21.2 Å². The summed E-state index contributed by atoms with van der Waals surface area (Å²) in [4.78, 5) is 2.27. The lowest BCUT2D eigenvalue weighted by Gasteiger charge is -2.30. The van der Waals surface area contributed by atoms with E-state index in [1.807, 2.05) is 30.3 Å². The van der Waals surface area contributed by atoms with Crippen LogP contribution < -0.4 is 19.1 Å². The fourth-order valence-corrected chi connectivity index (χ4v) is 7.44. The average molecular weight is 500 g/mol. The molecule has 0 radical (unpaired) electrons. The van der Waals surface area contributed by atoms with Gasteiger partial charge >= 0.3 is 0 Å². The molecular weight excluding hydrogens is 477 g/mol. The Hall–Kier alpha value is -1.68. The third kappa shape index (κ3) is 5.77. The number of allylic oxidation sites excluding steroid dienone is 2. The van der Waals surface area contributed by atoms with Gasteiger partial charge in [0.1, 0.15) is 9.99 Å². The summed E-state index contributed by atoms with van der Waals surface area (Å²) in [5.41, 5.74) is 1.82. The summed E-state index contributed by atoms with van der Waals surface area (Å²) in [6, 6.07) is 14.8. The molecule has 0 amide bonds. The van der Waals surface area contributed by atoms with Crippen molar-refractivity contribution in [2.24, 2.45) is 0 Å². The van der Waals surface area contributed by atoms with Crippen LogP contribution in [0.3, 0.4) is 0 Å². The van der Waals surface area contributed by atoms with Gasteiger partial charge in [0.15, 0.2) is 0 Å². The van der Waals surface area contributed by atoms with Crippen LogP contribution in [0.4, 0.5) is 5.69 Å². The van der Waals surface area contributed by atoms with Gasteiger partial charge in [0, 0.05) is 54.9 Å². The molecule has 1 fully saturated rings. The van der Waals surface area contributed by atoms with Gasteiger partial charge < -0.3 is 14.4 Å². The van der Waals surface area contributed by atoms with E-state index in [1.165, 1.54) is 6.08 Å². The van der Waals surface area contributed by atoms with E-state index in [9.17, 15) is 8.42 Å². The van der Waals surface area contributed by atoms with Crippen molar-refractivity contribution in [2.75, 3.05) is 31.1 Å². The zero-order valence-electron chi connectivity index (χ0n) is 16.6. The maximum Gasteiger partial charge on any atom is 0.248 e. The van der Waals surface area contributed by atoms with Crippen LogP contribution in [0, 0.1) is 0 Å². The average Bonchev–Trinajstić information content (AvgIpc) is 3.14. The molecule has 4 rings (SSSR count). The number of benzene rings is 2. The second kappa shape index (κ2) is 9.85. The molecule has 0 aromatic heterocycles. The molecule has 2 aliphatic rings. The maximum absolute atomic E-state index is 13.0. The minimum atomic E-state index is -3.79. The van der Waals surface area contributed by atoms with Gasteiger partial charge in [-0.05, 0) is 47.1 Å². The summed E-state index contributed by atoms with van der Waals surface area (Å²) in [5, 5.41) is 5.89. The Morgan fingerprint density at radius 2 is 1.87 bits per heavy atom. The molecule has 0 spiro atoms. The van der Waals surface area contributed by atoms with Crippen molar-refractivity contribution in [3.63, 3.8) is 0 Å². The predicted octanol–water partition coefficient (Wildman–Crippen LogP) is 4.10. The summed E-state index contributed by atoms with van der Waals surface area (Å²) < 4.78 is 34.8. The Labute approximate surface area is 195 Å². The summed E-state index contributed by atoms with van der Waals surface area (Å²) in [6.45, 7) is 3.81. The normalized spacial score (nSPS) is 20.3. The number of thiol groups is 1. The number of piperazine rings is 1. The molecule has 1 saturated heterocycles. The number of hydrogen-bond donors (Lipinski definition) is 3.